The molecule has 132 valence electrons. The van der Waals surface area contributed by atoms with Gasteiger partial charge in [-0.2, -0.15) is 0 Å². The van der Waals surface area contributed by atoms with Crippen LogP contribution in [0.5, 0.6) is 0 Å². The van der Waals surface area contributed by atoms with Gasteiger partial charge >= 0.3 is 5.97 Å². The minimum atomic E-state index is -0.312. The quantitative estimate of drug-likeness (QED) is 0.602. The summed E-state index contributed by atoms with van der Waals surface area (Å²) in [7, 11) is 0. The average molecular weight is 346 g/mol. The van der Waals surface area contributed by atoms with Gasteiger partial charge in [0.15, 0.2) is 5.82 Å². The summed E-state index contributed by atoms with van der Waals surface area (Å²) in [6.07, 6.45) is 1.76. The maximum Gasteiger partial charge on any atom is 0.338 e. The monoisotopic (exact) mass is 346 g/mol. The maximum absolute atomic E-state index is 11.8. The summed E-state index contributed by atoms with van der Waals surface area (Å²) >= 11 is 0. The van der Waals surface area contributed by atoms with Crippen LogP contribution in [0.4, 0.5) is 0 Å². The van der Waals surface area contributed by atoms with Crippen molar-refractivity contribution in [2.75, 3.05) is 6.61 Å². The molecule has 0 bridgehead atoms. The maximum atomic E-state index is 11.8. The van der Waals surface area contributed by atoms with Gasteiger partial charge in [-0.25, -0.2) is 14.8 Å². The highest BCUT2D eigenvalue weighted by atomic mass is 16.5. The van der Waals surface area contributed by atoms with Crippen molar-refractivity contribution in [3.05, 3.63) is 71.9 Å². The van der Waals surface area contributed by atoms with E-state index in [0.717, 1.165) is 16.8 Å². The largest absolute Gasteiger partial charge is 0.462 e. The molecule has 2 aromatic carbocycles. The van der Waals surface area contributed by atoms with Crippen molar-refractivity contribution < 1.29 is 9.53 Å². The molecule has 4 nitrogen and oxygen atoms in total. The second-order valence-electron chi connectivity index (χ2n) is 6.34. The Morgan fingerprint density at radius 3 is 2.23 bits per heavy atom. The number of rotatable bonds is 5. The van der Waals surface area contributed by atoms with Crippen LogP contribution in [0.3, 0.4) is 0 Å². The fourth-order valence-electron chi connectivity index (χ4n) is 2.67. The van der Waals surface area contributed by atoms with Crippen LogP contribution >= 0.6 is 0 Å². The van der Waals surface area contributed by atoms with Gasteiger partial charge < -0.3 is 4.74 Å². The fourth-order valence-corrected chi connectivity index (χ4v) is 2.67. The molecule has 0 aliphatic carbocycles. The number of carbonyl (C=O) groups excluding carboxylic acids is 1. The summed E-state index contributed by atoms with van der Waals surface area (Å²) in [5.41, 5.74) is 4.56. The number of hydrogen-bond acceptors (Lipinski definition) is 4. The van der Waals surface area contributed by atoms with Crippen LogP contribution in [0.2, 0.25) is 0 Å². The molecule has 0 amide bonds. The van der Waals surface area contributed by atoms with Crippen LogP contribution in [0.25, 0.3) is 22.6 Å². The summed E-state index contributed by atoms with van der Waals surface area (Å²) in [5.74, 6) is 0.870. The Hall–Kier alpha value is -3.01. The number of esters is 1. The van der Waals surface area contributed by atoms with Crippen molar-refractivity contribution >= 4 is 5.97 Å². The van der Waals surface area contributed by atoms with E-state index in [1.165, 1.54) is 5.56 Å². The summed E-state index contributed by atoms with van der Waals surface area (Å²) in [4.78, 5) is 20.8. The van der Waals surface area contributed by atoms with Crippen molar-refractivity contribution in [1.29, 1.82) is 0 Å². The van der Waals surface area contributed by atoms with Gasteiger partial charge in [0.25, 0.3) is 0 Å². The molecule has 0 saturated carbocycles. The zero-order valence-electron chi connectivity index (χ0n) is 15.3. The first kappa shape index (κ1) is 17.8. The molecular weight excluding hydrogens is 324 g/mol. The molecule has 0 atom stereocenters. The molecule has 3 rings (SSSR count). The molecule has 0 unspecified atom stereocenters. The van der Waals surface area contributed by atoms with Crippen LogP contribution in [0.15, 0.2) is 60.8 Å². The smallest absolute Gasteiger partial charge is 0.338 e. The standard InChI is InChI=1S/C22H22N2O2/c1-4-26-22(25)19-11-7-17(8-12-19)20-13-14-23-21(24-20)18-9-5-16(6-10-18)15(2)3/h5-15H,4H2,1-3H3. The Kier molecular flexibility index (Phi) is 5.42. The average Bonchev–Trinajstić information content (AvgIpc) is 2.68. The molecule has 0 fully saturated rings. The third-order valence-corrected chi connectivity index (χ3v) is 4.18. The van der Waals surface area contributed by atoms with Crippen LogP contribution in [-0.4, -0.2) is 22.5 Å². The molecule has 0 saturated heterocycles. The molecule has 0 radical (unpaired) electrons. The molecule has 26 heavy (non-hydrogen) atoms. The van der Waals surface area contributed by atoms with E-state index >= 15 is 0 Å². The Morgan fingerprint density at radius 2 is 1.62 bits per heavy atom. The summed E-state index contributed by atoms with van der Waals surface area (Å²) < 4.78 is 5.01. The first-order chi connectivity index (χ1) is 12.6. The van der Waals surface area contributed by atoms with Gasteiger partial charge in [0.1, 0.15) is 0 Å². The number of benzene rings is 2. The SMILES string of the molecule is CCOC(=O)c1ccc(-c2ccnc(-c3ccc(C(C)C)cc3)n2)cc1. The van der Waals surface area contributed by atoms with E-state index in [2.05, 4.69) is 48.1 Å². The van der Waals surface area contributed by atoms with Crippen molar-refractivity contribution in [2.45, 2.75) is 26.7 Å². The Morgan fingerprint density at radius 1 is 0.962 bits per heavy atom. The fraction of sp³-hybridized carbons (Fsp3) is 0.227. The molecule has 4 heteroatoms. The van der Waals surface area contributed by atoms with E-state index < -0.39 is 0 Å². The third-order valence-electron chi connectivity index (χ3n) is 4.18. The molecule has 0 spiro atoms. The van der Waals surface area contributed by atoms with Crippen LogP contribution in [0, 0.1) is 0 Å². The highest BCUT2D eigenvalue weighted by Gasteiger charge is 2.09. The third kappa shape index (κ3) is 3.97. The number of nitrogens with zero attached hydrogens (tertiary/aromatic N) is 2. The van der Waals surface area contributed by atoms with Gasteiger partial charge in [-0.05, 0) is 36.6 Å². The molecule has 0 aliphatic rings. The lowest BCUT2D eigenvalue weighted by molar-refractivity contribution is 0.0526. The second kappa shape index (κ2) is 7.91. The Bertz CT molecular complexity index is 885. The zero-order chi connectivity index (χ0) is 18.5. The number of hydrogen-bond donors (Lipinski definition) is 0. The molecule has 0 N–H and O–H groups in total. The number of carbonyl (C=O) groups is 1. The van der Waals surface area contributed by atoms with Gasteiger partial charge in [0.2, 0.25) is 0 Å². The van der Waals surface area contributed by atoms with E-state index in [9.17, 15) is 4.79 Å². The first-order valence-corrected chi connectivity index (χ1v) is 8.79. The Labute approximate surface area is 153 Å². The molecule has 1 heterocycles. The van der Waals surface area contributed by atoms with Crippen LogP contribution in [0.1, 0.15) is 42.6 Å². The van der Waals surface area contributed by atoms with Gasteiger partial charge in [0.05, 0.1) is 17.9 Å². The summed E-state index contributed by atoms with van der Waals surface area (Å²) in [6.45, 7) is 6.51. The number of ether oxygens (including phenoxy) is 1. The van der Waals surface area contributed by atoms with Crippen LogP contribution < -0.4 is 0 Å². The van der Waals surface area contributed by atoms with Gasteiger partial charge in [-0.1, -0.05) is 50.2 Å². The zero-order valence-corrected chi connectivity index (χ0v) is 15.3. The van der Waals surface area contributed by atoms with Crippen molar-refractivity contribution in [2.24, 2.45) is 0 Å². The number of aromatic nitrogens is 2. The molecule has 1 aromatic heterocycles. The lowest BCUT2D eigenvalue weighted by Crippen LogP contribution is -2.04. The van der Waals surface area contributed by atoms with Gasteiger partial charge in [-0.15, -0.1) is 0 Å². The van der Waals surface area contributed by atoms with E-state index in [4.69, 9.17) is 4.74 Å². The van der Waals surface area contributed by atoms with Crippen molar-refractivity contribution in [1.82, 2.24) is 9.97 Å². The van der Waals surface area contributed by atoms with E-state index in [0.29, 0.717) is 23.9 Å². The lowest BCUT2D eigenvalue weighted by atomic mass is 10.0. The topological polar surface area (TPSA) is 52.1 Å². The van der Waals surface area contributed by atoms with Crippen molar-refractivity contribution in [3.63, 3.8) is 0 Å². The molecular formula is C22H22N2O2. The first-order valence-electron chi connectivity index (χ1n) is 8.79. The van der Waals surface area contributed by atoms with E-state index in [-0.39, 0.29) is 5.97 Å². The summed E-state index contributed by atoms with van der Waals surface area (Å²) in [6, 6.07) is 17.5. The lowest BCUT2D eigenvalue weighted by Gasteiger charge is -2.08. The minimum Gasteiger partial charge on any atom is -0.462 e. The predicted octanol–water partition coefficient (Wildman–Crippen LogP) is 5.11. The van der Waals surface area contributed by atoms with Gasteiger partial charge in [-0.3, -0.25) is 0 Å². The van der Waals surface area contributed by atoms with Gasteiger partial charge in [0, 0.05) is 17.3 Å². The highest BCUT2D eigenvalue weighted by molar-refractivity contribution is 5.90. The van der Waals surface area contributed by atoms with Crippen LogP contribution in [-0.2, 0) is 4.74 Å². The minimum absolute atomic E-state index is 0.312. The predicted molar refractivity (Wildman–Crippen MR) is 103 cm³/mol. The normalized spacial score (nSPS) is 10.8. The molecule has 3 aromatic rings. The Balaban J connectivity index is 1.86. The highest BCUT2D eigenvalue weighted by Crippen LogP contribution is 2.23. The molecule has 0 aliphatic heterocycles. The van der Waals surface area contributed by atoms with E-state index in [1.54, 1.807) is 25.3 Å². The van der Waals surface area contributed by atoms with Crippen molar-refractivity contribution in [3.8, 4) is 22.6 Å². The second-order valence-corrected chi connectivity index (χ2v) is 6.34. The van der Waals surface area contributed by atoms with E-state index in [1.807, 2.05) is 18.2 Å². The summed E-state index contributed by atoms with van der Waals surface area (Å²) in [5, 5.41) is 0.